The number of carboxylic acids is 1. The fourth-order valence-electron chi connectivity index (χ4n) is 4.94. The summed E-state index contributed by atoms with van der Waals surface area (Å²) < 4.78 is 6.00. The highest BCUT2D eigenvalue weighted by Gasteiger charge is 2.52. The molecular formula is C27H42N4O6S. The number of Topliss-reactive ketones (excluding diaryl/α,β-unsaturated/α-hetero) is 1. The fraction of sp³-hybridized carbons (Fsp3) is 0.741. The number of azide groups is 1. The highest BCUT2D eigenvalue weighted by atomic mass is 32.1. The average Bonchev–Trinajstić information content (AvgIpc) is 3.28. The van der Waals surface area contributed by atoms with Gasteiger partial charge in [0, 0.05) is 16.2 Å². The second-order valence-electron chi connectivity index (χ2n) is 11.4. The number of aliphatic hydroxyl groups excluding tert-OH is 2. The minimum Gasteiger partial charge on any atom is -0.481 e. The number of carbonyl (C=O) groups is 2. The molecule has 0 radical (unpaired) electrons. The van der Waals surface area contributed by atoms with Crippen LogP contribution in [0.25, 0.3) is 16.5 Å². The number of rotatable bonds is 16. The third-order valence-corrected chi connectivity index (χ3v) is 8.67. The lowest BCUT2D eigenvalue weighted by atomic mass is 9.73. The Morgan fingerprint density at radius 3 is 2.58 bits per heavy atom. The molecule has 2 rings (SSSR count). The molecule has 1 aromatic rings. The highest BCUT2D eigenvalue weighted by Crippen LogP contribution is 2.45. The molecule has 0 amide bonds. The summed E-state index contributed by atoms with van der Waals surface area (Å²) in [5.41, 5.74) is 9.22. The van der Waals surface area contributed by atoms with Crippen LogP contribution in [0.4, 0.5) is 0 Å². The molecule has 7 unspecified atom stereocenters. The van der Waals surface area contributed by atoms with Crippen LogP contribution in [-0.4, -0.2) is 62.0 Å². The molecule has 11 heteroatoms. The minimum absolute atomic E-state index is 0.0456. The van der Waals surface area contributed by atoms with E-state index in [9.17, 15) is 19.8 Å². The molecule has 0 aromatic carbocycles. The number of nitrogens with zero attached hydrogens (tertiary/aromatic N) is 4. The van der Waals surface area contributed by atoms with E-state index in [1.165, 1.54) is 13.8 Å². The van der Waals surface area contributed by atoms with Crippen LogP contribution in [0, 0.1) is 24.2 Å². The Bertz CT molecular complexity index is 1070. The number of epoxide rings is 1. The zero-order valence-electron chi connectivity index (χ0n) is 23.4. The van der Waals surface area contributed by atoms with Crippen LogP contribution in [0.2, 0.25) is 0 Å². The summed E-state index contributed by atoms with van der Waals surface area (Å²) in [4.78, 5) is 31.4. The van der Waals surface area contributed by atoms with E-state index >= 15 is 0 Å². The summed E-state index contributed by atoms with van der Waals surface area (Å²) in [5.74, 6) is -2.46. The molecule has 1 fully saturated rings. The largest absolute Gasteiger partial charge is 0.481 e. The van der Waals surface area contributed by atoms with Crippen LogP contribution in [0.15, 0.2) is 16.1 Å². The second-order valence-corrected chi connectivity index (χ2v) is 12.5. The molecule has 38 heavy (non-hydrogen) atoms. The molecule has 0 spiro atoms. The minimum atomic E-state index is -1.33. The van der Waals surface area contributed by atoms with Crippen molar-refractivity contribution in [2.24, 2.45) is 22.4 Å². The van der Waals surface area contributed by atoms with Crippen molar-refractivity contribution in [1.82, 2.24) is 4.98 Å². The summed E-state index contributed by atoms with van der Waals surface area (Å²) in [6.07, 6.45) is 1.89. The van der Waals surface area contributed by atoms with Gasteiger partial charge in [0.25, 0.3) is 0 Å². The van der Waals surface area contributed by atoms with Gasteiger partial charge in [-0.3, -0.25) is 9.59 Å². The van der Waals surface area contributed by atoms with Gasteiger partial charge in [-0.05, 0) is 57.6 Å². The maximum atomic E-state index is 13.0. The van der Waals surface area contributed by atoms with Crippen molar-refractivity contribution in [3.63, 3.8) is 0 Å². The summed E-state index contributed by atoms with van der Waals surface area (Å²) in [5, 5.41) is 36.9. The number of aromatic nitrogens is 1. The molecule has 0 aliphatic carbocycles. The number of hydrogen-bond donors (Lipinski definition) is 3. The van der Waals surface area contributed by atoms with Gasteiger partial charge in [-0.2, -0.15) is 0 Å². The number of aryl methyl sites for hydroxylation is 1. The van der Waals surface area contributed by atoms with Crippen molar-refractivity contribution in [2.45, 2.75) is 111 Å². The lowest BCUT2D eigenvalue weighted by molar-refractivity contribution is -0.147. The van der Waals surface area contributed by atoms with E-state index in [2.05, 4.69) is 15.0 Å². The number of hydrogen-bond acceptors (Lipinski definition) is 8. The Kier molecular flexibility index (Phi) is 11.1. The van der Waals surface area contributed by atoms with Crippen molar-refractivity contribution < 1.29 is 29.6 Å². The van der Waals surface area contributed by atoms with Crippen molar-refractivity contribution >= 4 is 29.2 Å². The van der Waals surface area contributed by atoms with Gasteiger partial charge in [-0.1, -0.05) is 44.8 Å². The van der Waals surface area contributed by atoms with Gasteiger partial charge >= 0.3 is 5.97 Å². The number of aliphatic carboxylic acids is 1. The van der Waals surface area contributed by atoms with E-state index in [0.717, 1.165) is 29.1 Å². The van der Waals surface area contributed by atoms with E-state index in [0.29, 0.717) is 12.8 Å². The molecule has 1 aliphatic rings. The van der Waals surface area contributed by atoms with Crippen molar-refractivity contribution in [2.75, 3.05) is 0 Å². The van der Waals surface area contributed by atoms with Crippen LogP contribution < -0.4 is 0 Å². The van der Waals surface area contributed by atoms with Crippen LogP contribution in [0.5, 0.6) is 0 Å². The zero-order valence-corrected chi connectivity index (χ0v) is 24.2. The number of ether oxygens (including phenoxy) is 1. The number of aliphatic hydroxyl groups is 2. The molecule has 1 aliphatic heterocycles. The predicted molar refractivity (Wildman–Crippen MR) is 147 cm³/mol. The van der Waals surface area contributed by atoms with E-state index in [1.54, 1.807) is 18.3 Å². The summed E-state index contributed by atoms with van der Waals surface area (Å²) in [6, 6.07) is -0.332. The van der Waals surface area contributed by atoms with Crippen LogP contribution in [0.1, 0.15) is 84.3 Å². The van der Waals surface area contributed by atoms with Crippen molar-refractivity contribution in [1.29, 1.82) is 0 Å². The topological polar surface area (TPSA) is 169 Å². The maximum absolute atomic E-state index is 13.0. The first kappa shape index (κ1) is 31.9. The Labute approximate surface area is 228 Å². The standard InChI is InChI=1S/C27H42N4O6S/c1-15(24(35)17(3)25(36)26(5,6)21(32)13-23(33)34)9-8-10-27(7)22(37-27)12-20(30-31-28)16(2)11-19-14-38-18(4)29-19/h11,14-15,17,20-22,24,32,35H,8-10,12-13H2,1-7H3,(H,33,34)/b16-11+. The van der Waals surface area contributed by atoms with E-state index in [4.69, 9.17) is 15.4 Å². The van der Waals surface area contributed by atoms with E-state index in [1.807, 2.05) is 39.2 Å². The van der Waals surface area contributed by atoms with Gasteiger partial charge in [-0.15, -0.1) is 11.3 Å². The molecule has 0 bridgehead atoms. The third-order valence-electron chi connectivity index (χ3n) is 7.88. The van der Waals surface area contributed by atoms with Gasteiger partial charge in [0.1, 0.15) is 5.78 Å². The van der Waals surface area contributed by atoms with E-state index in [-0.39, 0.29) is 29.4 Å². The Hall–Kier alpha value is -2.30. The summed E-state index contributed by atoms with van der Waals surface area (Å²) in [6.45, 7) is 12.4. The van der Waals surface area contributed by atoms with Gasteiger partial charge in [0.05, 0.1) is 52.5 Å². The van der Waals surface area contributed by atoms with E-state index < -0.39 is 35.9 Å². The van der Waals surface area contributed by atoms with Gasteiger partial charge < -0.3 is 20.1 Å². The van der Waals surface area contributed by atoms with Gasteiger partial charge in [-0.25, -0.2) is 4.98 Å². The Morgan fingerprint density at radius 2 is 2.03 bits per heavy atom. The van der Waals surface area contributed by atoms with Gasteiger partial charge in [0.2, 0.25) is 0 Å². The molecule has 2 heterocycles. The first-order chi connectivity index (χ1) is 17.6. The summed E-state index contributed by atoms with van der Waals surface area (Å²) >= 11 is 1.57. The summed E-state index contributed by atoms with van der Waals surface area (Å²) in [7, 11) is 0. The molecular weight excluding hydrogens is 508 g/mol. The van der Waals surface area contributed by atoms with Gasteiger partial charge in [0.15, 0.2) is 0 Å². The highest BCUT2D eigenvalue weighted by molar-refractivity contribution is 7.09. The monoisotopic (exact) mass is 550 g/mol. The normalized spacial score (nSPS) is 23.6. The molecule has 7 atom stereocenters. The third kappa shape index (κ3) is 8.35. The van der Waals surface area contributed by atoms with Crippen molar-refractivity contribution in [3.05, 3.63) is 32.1 Å². The molecule has 0 saturated carbocycles. The molecule has 1 aromatic heterocycles. The fourth-order valence-corrected chi connectivity index (χ4v) is 5.51. The molecule has 1 saturated heterocycles. The number of carbonyl (C=O) groups excluding carboxylic acids is 1. The zero-order chi connectivity index (χ0) is 28.8. The second kappa shape index (κ2) is 13.2. The average molecular weight is 551 g/mol. The maximum Gasteiger partial charge on any atom is 0.306 e. The van der Waals surface area contributed by atoms with Crippen LogP contribution in [-0.2, 0) is 14.3 Å². The Balaban J connectivity index is 1.88. The molecule has 212 valence electrons. The first-order valence-corrected chi connectivity index (χ1v) is 13.9. The number of ketones is 1. The number of thiazole rings is 1. The van der Waals surface area contributed by atoms with Crippen molar-refractivity contribution in [3.8, 4) is 0 Å². The first-order valence-electron chi connectivity index (χ1n) is 13.1. The lowest BCUT2D eigenvalue weighted by Crippen LogP contribution is -2.45. The smallest absolute Gasteiger partial charge is 0.306 e. The molecule has 3 N–H and O–H groups in total. The van der Waals surface area contributed by atoms with Crippen LogP contribution in [0.3, 0.4) is 0 Å². The lowest BCUT2D eigenvalue weighted by Gasteiger charge is -2.34. The Morgan fingerprint density at radius 1 is 1.37 bits per heavy atom. The van der Waals surface area contributed by atoms with Crippen LogP contribution >= 0.6 is 11.3 Å². The predicted octanol–water partition coefficient (Wildman–Crippen LogP) is 5.32. The SMILES string of the molecule is C/C(=C\c1csc(C)n1)C(CC1OC1(C)CCCC(C)C(O)C(C)C(=O)C(C)(C)C(O)CC(=O)O)N=[N+]=[N-]. The quantitative estimate of drug-likeness (QED) is 0.108. The molecule has 10 nitrogen and oxygen atoms in total. The number of carboxylic acid groups (broad SMARTS) is 1.